The van der Waals surface area contributed by atoms with E-state index in [9.17, 15) is 4.79 Å². The fourth-order valence-corrected chi connectivity index (χ4v) is 4.69. The van der Waals surface area contributed by atoms with Crippen molar-refractivity contribution in [3.63, 3.8) is 0 Å². The number of carbonyl (C=O) groups excluding carboxylic acids is 1. The highest BCUT2D eigenvalue weighted by molar-refractivity contribution is 5.92. The molecule has 3 aliphatic rings. The van der Waals surface area contributed by atoms with Crippen LogP contribution in [0.2, 0.25) is 0 Å². The van der Waals surface area contributed by atoms with Crippen molar-refractivity contribution in [3.8, 4) is 0 Å². The molecule has 2 aliphatic carbocycles. The first kappa shape index (κ1) is 22.0. The molecule has 1 aliphatic heterocycles. The fraction of sp³-hybridized carbons (Fsp3) is 0.565. The highest BCUT2D eigenvalue weighted by atomic mass is 16.5. The monoisotopic (exact) mass is 478 g/mol. The van der Waals surface area contributed by atoms with Crippen molar-refractivity contribution in [2.45, 2.75) is 62.6 Å². The smallest absolute Gasteiger partial charge is 0.273 e. The number of H-pyrrole nitrogens is 1. The zero-order valence-corrected chi connectivity index (χ0v) is 19.7. The lowest BCUT2D eigenvalue weighted by Gasteiger charge is -2.34. The summed E-state index contributed by atoms with van der Waals surface area (Å²) in [6.45, 7) is 1.24. The van der Waals surface area contributed by atoms with Gasteiger partial charge in [-0.25, -0.2) is 9.67 Å². The molecule has 12 nitrogen and oxygen atoms in total. The summed E-state index contributed by atoms with van der Waals surface area (Å²) in [4.78, 5) is 23.9. The van der Waals surface area contributed by atoms with Crippen LogP contribution in [0.5, 0.6) is 0 Å². The van der Waals surface area contributed by atoms with E-state index >= 15 is 0 Å². The van der Waals surface area contributed by atoms with Gasteiger partial charge in [0.25, 0.3) is 5.91 Å². The molecule has 6 rings (SSSR count). The molecule has 35 heavy (non-hydrogen) atoms. The van der Waals surface area contributed by atoms with E-state index in [1.165, 1.54) is 18.5 Å². The van der Waals surface area contributed by atoms with Crippen LogP contribution in [-0.2, 0) is 4.74 Å². The van der Waals surface area contributed by atoms with Crippen molar-refractivity contribution >= 4 is 23.5 Å². The van der Waals surface area contributed by atoms with Crippen molar-refractivity contribution in [2.24, 2.45) is 0 Å². The van der Waals surface area contributed by atoms with Gasteiger partial charge >= 0.3 is 0 Å². The van der Waals surface area contributed by atoms with Crippen molar-refractivity contribution in [3.05, 3.63) is 35.9 Å². The Morgan fingerprint density at radius 1 is 1.17 bits per heavy atom. The molecule has 0 bridgehead atoms. The summed E-state index contributed by atoms with van der Waals surface area (Å²) < 4.78 is 6.89. The Morgan fingerprint density at radius 2 is 2.00 bits per heavy atom. The highest BCUT2D eigenvalue weighted by Gasteiger charge is 2.28. The minimum Gasteiger partial charge on any atom is -0.377 e. The number of aromatic nitrogens is 7. The second kappa shape index (κ2) is 9.25. The minimum atomic E-state index is -0.168. The molecule has 4 heterocycles. The average molecular weight is 479 g/mol. The third-order valence-corrected chi connectivity index (χ3v) is 7.15. The molecule has 3 fully saturated rings. The second-order valence-electron chi connectivity index (χ2n) is 9.71. The average Bonchev–Trinajstić information content (AvgIpc) is 3.39. The van der Waals surface area contributed by atoms with E-state index in [1.807, 2.05) is 13.1 Å². The second-order valence-corrected chi connectivity index (χ2v) is 9.71. The van der Waals surface area contributed by atoms with Crippen LogP contribution in [0.3, 0.4) is 0 Å². The van der Waals surface area contributed by atoms with E-state index < -0.39 is 0 Å². The summed E-state index contributed by atoms with van der Waals surface area (Å²) in [5.41, 5.74) is 1.54. The first-order valence-corrected chi connectivity index (χ1v) is 12.3. The van der Waals surface area contributed by atoms with Gasteiger partial charge in [-0.05, 0) is 44.6 Å². The number of amides is 1. The van der Waals surface area contributed by atoms with Crippen molar-refractivity contribution in [2.75, 3.05) is 30.5 Å². The van der Waals surface area contributed by atoms with E-state index in [1.54, 1.807) is 17.1 Å². The molecule has 0 radical (unpaired) electrons. The molecule has 12 heteroatoms. The summed E-state index contributed by atoms with van der Waals surface area (Å²) >= 11 is 0. The van der Waals surface area contributed by atoms with Gasteiger partial charge in [-0.15, -0.1) is 5.10 Å². The first-order valence-electron chi connectivity index (χ1n) is 12.3. The van der Waals surface area contributed by atoms with Crippen LogP contribution in [0.1, 0.15) is 66.7 Å². The topological polar surface area (TPSA) is 139 Å². The van der Waals surface area contributed by atoms with Gasteiger partial charge in [0.05, 0.1) is 19.4 Å². The Morgan fingerprint density at radius 3 is 2.74 bits per heavy atom. The van der Waals surface area contributed by atoms with E-state index in [0.717, 1.165) is 37.3 Å². The third-order valence-electron chi connectivity index (χ3n) is 7.15. The van der Waals surface area contributed by atoms with E-state index in [2.05, 4.69) is 47.1 Å². The molecule has 3 aromatic rings. The van der Waals surface area contributed by atoms with Crippen LogP contribution in [0.4, 0.5) is 17.6 Å². The summed E-state index contributed by atoms with van der Waals surface area (Å²) in [6.07, 6.45) is 9.60. The lowest BCUT2D eigenvalue weighted by Crippen LogP contribution is -2.43. The Hall–Kier alpha value is -3.54. The van der Waals surface area contributed by atoms with Gasteiger partial charge in [0.2, 0.25) is 5.95 Å². The molecule has 0 unspecified atom stereocenters. The minimum absolute atomic E-state index is 0.124. The number of nitrogens with zero attached hydrogens (tertiary/aromatic N) is 7. The normalized spacial score (nSPS) is 22.4. The van der Waals surface area contributed by atoms with Crippen LogP contribution in [0, 0.1) is 0 Å². The van der Waals surface area contributed by atoms with Crippen LogP contribution >= 0.6 is 0 Å². The quantitative estimate of drug-likeness (QED) is 0.444. The van der Waals surface area contributed by atoms with E-state index in [4.69, 9.17) is 9.72 Å². The standard InChI is InChI=1S/C23H30N10O2/c1-32(23-24-9-8-20(27-23)26-21-10-18(28-30-21)14-2-3-14)16-6-4-15(5-7-16)25-22(34)19-11-33(31-29-19)17-12-35-13-17/h8-11,14-17H,2-7,12-13H2,1H3,(H,25,34)(H2,24,26,27,28,30)/t15-,16-. The molecule has 184 valence electrons. The van der Waals surface area contributed by atoms with Crippen LogP contribution < -0.4 is 15.5 Å². The van der Waals surface area contributed by atoms with Gasteiger partial charge in [0.15, 0.2) is 11.5 Å². The number of carbonyl (C=O) groups is 1. The number of hydrogen-bond acceptors (Lipinski definition) is 9. The summed E-state index contributed by atoms with van der Waals surface area (Å²) in [5.74, 6) is 2.63. The Balaban J connectivity index is 1.01. The number of anilines is 3. The Kier molecular flexibility index (Phi) is 5.80. The molecular weight excluding hydrogens is 448 g/mol. The van der Waals surface area contributed by atoms with Crippen molar-refractivity contribution in [1.29, 1.82) is 0 Å². The Labute approximate surface area is 202 Å². The van der Waals surface area contributed by atoms with Gasteiger partial charge in [-0.2, -0.15) is 10.1 Å². The fourth-order valence-electron chi connectivity index (χ4n) is 4.69. The van der Waals surface area contributed by atoms with Crippen LogP contribution in [-0.4, -0.2) is 73.4 Å². The van der Waals surface area contributed by atoms with E-state index in [0.29, 0.717) is 36.8 Å². The van der Waals surface area contributed by atoms with Crippen LogP contribution in [0.15, 0.2) is 24.5 Å². The molecule has 2 saturated carbocycles. The molecule has 1 amide bonds. The lowest BCUT2D eigenvalue weighted by atomic mass is 9.90. The van der Waals surface area contributed by atoms with E-state index in [-0.39, 0.29) is 18.0 Å². The summed E-state index contributed by atoms with van der Waals surface area (Å²) in [5, 5.41) is 21.9. The summed E-state index contributed by atoms with van der Waals surface area (Å²) in [7, 11) is 2.03. The van der Waals surface area contributed by atoms with Crippen molar-refractivity contribution < 1.29 is 9.53 Å². The van der Waals surface area contributed by atoms with Gasteiger partial charge in [-0.3, -0.25) is 9.89 Å². The number of nitrogens with one attached hydrogen (secondary N) is 3. The largest absolute Gasteiger partial charge is 0.377 e. The highest BCUT2D eigenvalue weighted by Crippen LogP contribution is 2.39. The molecule has 0 aromatic carbocycles. The molecule has 0 spiro atoms. The predicted molar refractivity (Wildman–Crippen MR) is 128 cm³/mol. The van der Waals surface area contributed by atoms with Gasteiger partial charge < -0.3 is 20.3 Å². The summed E-state index contributed by atoms with van der Waals surface area (Å²) in [6, 6.07) is 4.53. The predicted octanol–water partition coefficient (Wildman–Crippen LogP) is 2.16. The maximum absolute atomic E-state index is 12.6. The third kappa shape index (κ3) is 4.83. The molecule has 0 atom stereocenters. The maximum Gasteiger partial charge on any atom is 0.273 e. The van der Waals surface area contributed by atoms with Gasteiger partial charge in [0, 0.05) is 43.0 Å². The molecule has 1 saturated heterocycles. The molecule has 3 aromatic heterocycles. The number of rotatable bonds is 8. The lowest BCUT2D eigenvalue weighted by molar-refractivity contribution is -0.0293. The molecule has 3 N–H and O–H groups in total. The zero-order valence-electron chi connectivity index (χ0n) is 19.7. The number of ether oxygens (including phenoxy) is 1. The SMILES string of the molecule is CN(c1nccc(Nc2cc(C3CC3)[nH]n2)n1)[C@H]1CC[C@H](NC(=O)c2cn(C3COC3)nn2)CC1. The van der Waals surface area contributed by atoms with Crippen molar-refractivity contribution in [1.82, 2.24) is 40.5 Å². The van der Waals surface area contributed by atoms with Crippen LogP contribution in [0.25, 0.3) is 0 Å². The zero-order chi connectivity index (χ0) is 23.8. The Bertz CT molecular complexity index is 1180. The number of aromatic amines is 1. The van der Waals surface area contributed by atoms with Gasteiger partial charge in [0.1, 0.15) is 11.9 Å². The first-order chi connectivity index (χ1) is 17.1. The molecular formula is C23H30N10O2. The van der Waals surface area contributed by atoms with Gasteiger partial charge in [-0.1, -0.05) is 5.21 Å². The number of hydrogen-bond donors (Lipinski definition) is 3. The maximum atomic E-state index is 12.6.